The lowest BCUT2D eigenvalue weighted by atomic mass is 9.94. The minimum Gasteiger partial charge on any atom is -0.264 e. The second-order valence-corrected chi connectivity index (χ2v) is 5.78. The van der Waals surface area contributed by atoms with Crippen molar-refractivity contribution in [3.05, 3.63) is 92.8 Å². The molecule has 2 aromatic heterocycles. The molecular formula is C17H14N2OS. The summed E-state index contributed by atoms with van der Waals surface area (Å²) < 4.78 is 0. The molecule has 2 heterocycles. The highest BCUT2D eigenvalue weighted by atomic mass is 32.1. The Morgan fingerprint density at radius 2 is 2.00 bits per heavy atom. The van der Waals surface area contributed by atoms with Gasteiger partial charge in [0, 0.05) is 29.3 Å². The van der Waals surface area contributed by atoms with Gasteiger partial charge in [-0.1, -0.05) is 41.6 Å². The van der Waals surface area contributed by atoms with Gasteiger partial charge < -0.3 is 0 Å². The zero-order valence-electron chi connectivity index (χ0n) is 11.3. The Morgan fingerprint density at radius 1 is 1.10 bits per heavy atom. The Bertz CT molecular complexity index is 711. The molecule has 1 aromatic carbocycles. The predicted octanol–water partition coefficient (Wildman–Crippen LogP) is 4.59. The van der Waals surface area contributed by atoms with Crippen LogP contribution in [0.1, 0.15) is 27.6 Å². The zero-order chi connectivity index (χ0) is 14.5. The van der Waals surface area contributed by atoms with Crippen molar-refractivity contribution < 1.29 is 0 Å². The average Bonchev–Trinajstić information content (AvgIpc) is 3.04. The number of rotatable bonds is 5. The first-order valence-corrected chi connectivity index (χ1v) is 7.59. The summed E-state index contributed by atoms with van der Waals surface area (Å²) in [7, 11) is 0. The quantitative estimate of drug-likeness (QED) is 0.646. The van der Waals surface area contributed by atoms with E-state index in [-0.39, 0.29) is 0 Å². The van der Waals surface area contributed by atoms with Gasteiger partial charge in [0.25, 0.3) is 0 Å². The predicted molar refractivity (Wildman–Crippen MR) is 85.4 cm³/mol. The molecule has 0 N–H and O–H groups in total. The fourth-order valence-corrected chi connectivity index (χ4v) is 3.13. The normalized spacial score (nSPS) is 12.0. The molecule has 0 amide bonds. The minimum absolute atomic E-state index is 0.505. The zero-order valence-corrected chi connectivity index (χ0v) is 12.2. The van der Waals surface area contributed by atoms with Gasteiger partial charge in [0.05, 0.1) is 0 Å². The molecular weight excluding hydrogens is 280 g/mol. The summed E-state index contributed by atoms with van der Waals surface area (Å²) in [6.07, 6.45) is 4.22. The number of hydrogen-bond acceptors (Lipinski definition) is 4. The van der Waals surface area contributed by atoms with Crippen LogP contribution in [-0.2, 0) is 6.42 Å². The molecule has 0 aliphatic heterocycles. The lowest BCUT2D eigenvalue weighted by molar-refractivity contribution is 0.841. The molecule has 0 saturated heterocycles. The van der Waals surface area contributed by atoms with E-state index in [9.17, 15) is 4.91 Å². The van der Waals surface area contributed by atoms with Crippen molar-refractivity contribution in [2.24, 2.45) is 5.18 Å². The Morgan fingerprint density at radius 3 is 2.71 bits per heavy atom. The van der Waals surface area contributed by atoms with Crippen molar-refractivity contribution >= 4 is 11.3 Å². The van der Waals surface area contributed by atoms with Gasteiger partial charge in [-0.3, -0.25) is 4.98 Å². The first-order valence-electron chi connectivity index (χ1n) is 6.71. The smallest absolute Gasteiger partial charge is 0.144 e. The van der Waals surface area contributed by atoms with Gasteiger partial charge in [-0.25, -0.2) is 0 Å². The third-order valence-electron chi connectivity index (χ3n) is 3.40. The van der Waals surface area contributed by atoms with E-state index in [1.54, 1.807) is 23.7 Å². The average molecular weight is 294 g/mol. The third kappa shape index (κ3) is 3.06. The van der Waals surface area contributed by atoms with Crippen molar-refractivity contribution in [3.63, 3.8) is 0 Å². The Hall–Kier alpha value is -2.33. The van der Waals surface area contributed by atoms with Gasteiger partial charge in [-0.2, -0.15) is 0 Å². The first kappa shape index (κ1) is 13.6. The van der Waals surface area contributed by atoms with Gasteiger partial charge in [0.2, 0.25) is 0 Å². The van der Waals surface area contributed by atoms with Crippen LogP contribution in [0, 0.1) is 4.91 Å². The van der Waals surface area contributed by atoms with E-state index in [0.29, 0.717) is 0 Å². The van der Waals surface area contributed by atoms with Crippen LogP contribution >= 0.6 is 11.3 Å². The summed E-state index contributed by atoms with van der Waals surface area (Å²) in [4.78, 5) is 16.7. The van der Waals surface area contributed by atoms with Crippen molar-refractivity contribution in [1.82, 2.24) is 4.98 Å². The number of nitrogens with zero attached hydrogens (tertiary/aromatic N) is 2. The van der Waals surface area contributed by atoms with Gasteiger partial charge in [-0.15, -0.1) is 16.2 Å². The molecule has 3 aromatic rings. The molecule has 0 spiro atoms. The molecule has 1 unspecified atom stereocenters. The third-order valence-corrected chi connectivity index (χ3v) is 4.28. The van der Waals surface area contributed by atoms with Gasteiger partial charge in [0.1, 0.15) is 6.04 Å². The van der Waals surface area contributed by atoms with Crippen molar-refractivity contribution in [3.8, 4) is 0 Å². The van der Waals surface area contributed by atoms with E-state index in [0.717, 1.165) is 23.1 Å². The van der Waals surface area contributed by atoms with E-state index in [4.69, 9.17) is 0 Å². The summed E-state index contributed by atoms with van der Waals surface area (Å²) in [5.74, 6) is 0. The van der Waals surface area contributed by atoms with Gasteiger partial charge >= 0.3 is 0 Å². The Balaban J connectivity index is 1.99. The molecule has 0 aliphatic rings. The minimum atomic E-state index is -0.505. The molecule has 4 heteroatoms. The topological polar surface area (TPSA) is 42.3 Å². The first-order chi connectivity index (χ1) is 10.4. The SMILES string of the molecule is O=NC(c1cccnc1)c1ccccc1Cc1cccs1. The maximum Gasteiger partial charge on any atom is 0.144 e. The number of aromatic nitrogens is 1. The summed E-state index contributed by atoms with van der Waals surface area (Å²) in [5.41, 5.74) is 2.91. The molecule has 0 fully saturated rings. The second-order valence-electron chi connectivity index (χ2n) is 4.75. The van der Waals surface area contributed by atoms with Crippen LogP contribution in [0.4, 0.5) is 0 Å². The molecule has 0 bridgehead atoms. The number of nitroso groups, excluding NO2 is 1. The highest BCUT2D eigenvalue weighted by Crippen LogP contribution is 2.29. The molecule has 0 radical (unpaired) electrons. The van der Waals surface area contributed by atoms with Crippen LogP contribution in [0.3, 0.4) is 0 Å². The lowest BCUT2D eigenvalue weighted by Gasteiger charge is -2.14. The van der Waals surface area contributed by atoms with Gasteiger partial charge in [0.15, 0.2) is 0 Å². The summed E-state index contributed by atoms with van der Waals surface area (Å²) in [5, 5.41) is 5.40. The largest absolute Gasteiger partial charge is 0.264 e. The van der Waals surface area contributed by atoms with Crippen LogP contribution in [-0.4, -0.2) is 4.98 Å². The summed E-state index contributed by atoms with van der Waals surface area (Å²) >= 11 is 1.72. The van der Waals surface area contributed by atoms with Gasteiger partial charge in [-0.05, 0) is 28.6 Å². The molecule has 1 atom stereocenters. The number of benzene rings is 1. The Kier molecular flexibility index (Phi) is 4.17. The fraction of sp³-hybridized carbons (Fsp3) is 0.118. The maximum absolute atomic E-state index is 11.4. The van der Waals surface area contributed by atoms with Crippen molar-refractivity contribution in [1.29, 1.82) is 0 Å². The van der Waals surface area contributed by atoms with Crippen molar-refractivity contribution in [2.75, 3.05) is 0 Å². The van der Waals surface area contributed by atoms with Crippen LogP contribution in [0.5, 0.6) is 0 Å². The number of thiophene rings is 1. The lowest BCUT2D eigenvalue weighted by Crippen LogP contribution is -2.02. The Labute approximate surface area is 127 Å². The summed E-state index contributed by atoms with van der Waals surface area (Å²) in [6.45, 7) is 0. The standard InChI is InChI=1S/C17H14N2OS/c20-19-17(14-6-3-9-18-12-14)16-8-2-1-5-13(16)11-15-7-4-10-21-15/h1-10,12,17H,11H2. The number of pyridine rings is 1. The highest BCUT2D eigenvalue weighted by molar-refractivity contribution is 7.09. The van der Waals surface area contributed by atoms with E-state index in [1.165, 1.54) is 4.88 Å². The van der Waals surface area contributed by atoms with E-state index in [2.05, 4.69) is 27.7 Å². The van der Waals surface area contributed by atoms with E-state index in [1.807, 2.05) is 36.4 Å². The fourth-order valence-electron chi connectivity index (χ4n) is 2.40. The molecule has 104 valence electrons. The van der Waals surface area contributed by atoms with Crippen molar-refractivity contribution in [2.45, 2.75) is 12.5 Å². The van der Waals surface area contributed by atoms with Crippen LogP contribution in [0.15, 0.2) is 71.5 Å². The number of hydrogen-bond donors (Lipinski definition) is 0. The molecule has 3 nitrogen and oxygen atoms in total. The van der Waals surface area contributed by atoms with Crippen LogP contribution in [0.2, 0.25) is 0 Å². The maximum atomic E-state index is 11.4. The molecule has 3 rings (SSSR count). The molecule has 0 saturated carbocycles. The van der Waals surface area contributed by atoms with Crippen LogP contribution in [0.25, 0.3) is 0 Å². The van der Waals surface area contributed by atoms with Crippen LogP contribution < -0.4 is 0 Å². The highest BCUT2D eigenvalue weighted by Gasteiger charge is 2.18. The second kappa shape index (κ2) is 6.41. The summed E-state index contributed by atoms with van der Waals surface area (Å²) in [6, 6.07) is 15.3. The molecule has 0 aliphatic carbocycles. The van der Waals surface area contributed by atoms with E-state index < -0.39 is 6.04 Å². The monoisotopic (exact) mass is 294 g/mol. The van der Waals surface area contributed by atoms with E-state index >= 15 is 0 Å². The molecule has 21 heavy (non-hydrogen) atoms.